The number of carboxylic acid groups (broad SMARTS) is 2. The molecule has 16 heavy (non-hydrogen) atoms. The Morgan fingerprint density at radius 2 is 1.75 bits per heavy atom. The Bertz CT molecular complexity index is 290. The van der Waals surface area contributed by atoms with Gasteiger partial charge >= 0.3 is 11.9 Å². The van der Waals surface area contributed by atoms with E-state index in [0.717, 1.165) is 0 Å². The largest absolute Gasteiger partial charge is 0.481 e. The summed E-state index contributed by atoms with van der Waals surface area (Å²) < 4.78 is 0. The molecule has 1 amide bonds. The Labute approximate surface area is 92.6 Å². The van der Waals surface area contributed by atoms with Crippen LogP contribution >= 0.6 is 0 Å². The van der Waals surface area contributed by atoms with Crippen LogP contribution in [0.5, 0.6) is 0 Å². The molecular formula is C9H16N2O5. The number of aliphatic carboxylic acids is 2. The van der Waals surface area contributed by atoms with Gasteiger partial charge in [0, 0.05) is 0 Å². The average Bonchev–Trinajstić information content (AvgIpc) is 2.14. The molecule has 0 aliphatic carbocycles. The molecule has 0 rings (SSSR count). The minimum absolute atomic E-state index is 0.153. The number of hydrogen-bond acceptors (Lipinski definition) is 4. The molecule has 0 aromatic carbocycles. The summed E-state index contributed by atoms with van der Waals surface area (Å²) in [6.45, 7) is 3.41. The molecule has 92 valence electrons. The molecule has 0 unspecified atom stereocenters. The number of nitrogens with two attached hydrogens (primary N) is 1. The van der Waals surface area contributed by atoms with Crippen molar-refractivity contribution in [2.75, 3.05) is 0 Å². The molecule has 0 aromatic rings. The van der Waals surface area contributed by atoms with Crippen LogP contribution < -0.4 is 11.1 Å². The van der Waals surface area contributed by atoms with E-state index in [9.17, 15) is 14.4 Å². The summed E-state index contributed by atoms with van der Waals surface area (Å²) in [4.78, 5) is 32.4. The van der Waals surface area contributed by atoms with E-state index in [1.54, 1.807) is 13.8 Å². The average molecular weight is 232 g/mol. The first kappa shape index (κ1) is 14.4. The summed E-state index contributed by atoms with van der Waals surface area (Å²) >= 11 is 0. The van der Waals surface area contributed by atoms with E-state index >= 15 is 0 Å². The first-order valence-electron chi connectivity index (χ1n) is 4.76. The molecule has 0 aromatic heterocycles. The highest BCUT2D eigenvalue weighted by molar-refractivity contribution is 5.89. The highest BCUT2D eigenvalue weighted by Crippen LogP contribution is 2.00. The SMILES string of the molecule is CC(C)[C@H](N)C(=O)N[C@@H](CC(=O)O)C(=O)O. The lowest BCUT2D eigenvalue weighted by Crippen LogP contribution is -2.50. The Morgan fingerprint density at radius 3 is 2.06 bits per heavy atom. The van der Waals surface area contributed by atoms with Crippen molar-refractivity contribution < 1.29 is 24.6 Å². The first-order chi connectivity index (χ1) is 7.25. The molecule has 7 heteroatoms. The van der Waals surface area contributed by atoms with Crippen LogP contribution in [-0.2, 0) is 14.4 Å². The zero-order chi connectivity index (χ0) is 12.9. The number of amides is 1. The molecule has 5 N–H and O–H groups in total. The fourth-order valence-electron chi connectivity index (χ4n) is 0.945. The molecule has 0 saturated heterocycles. The fraction of sp³-hybridized carbons (Fsp3) is 0.667. The van der Waals surface area contributed by atoms with Gasteiger partial charge in [-0.3, -0.25) is 9.59 Å². The van der Waals surface area contributed by atoms with Gasteiger partial charge < -0.3 is 21.3 Å². The van der Waals surface area contributed by atoms with E-state index in [2.05, 4.69) is 5.32 Å². The molecule has 0 bridgehead atoms. The third-order valence-electron chi connectivity index (χ3n) is 2.01. The summed E-state index contributed by atoms with van der Waals surface area (Å²) in [5.41, 5.74) is 5.49. The lowest BCUT2D eigenvalue weighted by atomic mass is 10.0. The zero-order valence-electron chi connectivity index (χ0n) is 9.14. The Kier molecular flexibility index (Phi) is 5.44. The Balaban J connectivity index is 4.46. The number of carboxylic acids is 2. The minimum Gasteiger partial charge on any atom is -0.481 e. The van der Waals surface area contributed by atoms with Gasteiger partial charge in [0.2, 0.25) is 5.91 Å². The topological polar surface area (TPSA) is 130 Å². The molecule has 0 aliphatic rings. The van der Waals surface area contributed by atoms with Gasteiger partial charge in [0.25, 0.3) is 0 Å². The maximum atomic E-state index is 11.4. The third kappa shape index (κ3) is 4.74. The van der Waals surface area contributed by atoms with Crippen molar-refractivity contribution in [3.63, 3.8) is 0 Å². The molecule has 0 saturated carbocycles. The molecule has 0 aliphatic heterocycles. The second-order valence-corrected chi connectivity index (χ2v) is 3.77. The van der Waals surface area contributed by atoms with Crippen molar-refractivity contribution in [2.24, 2.45) is 11.7 Å². The van der Waals surface area contributed by atoms with Gasteiger partial charge in [0.15, 0.2) is 0 Å². The highest BCUT2D eigenvalue weighted by Gasteiger charge is 2.26. The van der Waals surface area contributed by atoms with Crippen molar-refractivity contribution in [3.05, 3.63) is 0 Å². The molecule has 0 fully saturated rings. The van der Waals surface area contributed by atoms with Crippen LogP contribution in [0.2, 0.25) is 0 Å². The van der Waals surface area contributed by atoms with Crippen LogP contribution in [-0.4, -0.2) is 40.1 Å². The van der Waals surface area contributed by atoms with Crippen molar-refractivity contribution in [1.82, 2.24) is 5.32 Å². The Hall–Kier alpha value is -1.63. The predicted molar refractivity (Wildman–Crippen MR) is 54.6 cm³/mol. The molecule has 0 heterocycles. The lowest BCUT2D eigenvalue weighted by molar-refractivity contribution is -0.147. The zero-order valence-corrected chi connectivity index (χ0v) is 9.14. The minimum atomic E-state index is -1.45. The van der Waals surface area contributed by atoms with E-state index in [4.69, 9.17) is 15.9 Å². The summed E-state index contributed by atoms with van der Waals surface area (Å²) in [6, 6.07) is -2.30. The van der Waals surface area contributed by atoms with Gasteiger partial charge in [-0.25, -0.2) is 4.79 Å². The van der Waals surface area contributed by atoms with Crippen LogP contribution in [0.25, 0.3) is 0 Å². The van der Waals surface area contributed by atoms with Gasteiger partial charge in [-0.05, 0) is 5.92 Å². The summed E-state index contributed by atoms with van der Waals surface area (Å²) in [5, 5.41) is 19.2. The van der Waals surface area contributed by atoms with Gasteiger partial charge in [-0.1, -0.05) is 13.8 Å². The number of hydrogen-bond donors (Lipinski definition) is 4. The molecular weight excluding hydrogens is 216 g/mol. The van der Waals surface area contributed by atoms with Gasteiger partial charge in [0.05, 0.1) is 12.5 Å². The summed E-state index contributed by atoms with van der Waals surface area (Å²) in [7, 11) is 0. The van der Waals surface area contributed by atoms with Crippen molar-refractivity contribution in [2.45, 2.75) is 32.4 Å². The molecule has 0 radical (unpaired) electrons. The van der Waals surface area contributed by atoms with Gasteiger partial charge in [-0.15, -0.1) is 0 Å². The highest BCUT2D eigenvalue weighted by atomic mass is 16.4. The van der Waals surface area contributed by atoms with Gasteiger partial charge in [-0.2, -0.15) is 0 Å². The first-order valence-corrected chi connectivity index (χ1v) is 4.76. The summed E-state index contributed by atoms with van der Waals surface area (Å²) in [6.07, 6.45) is -0.675. The van der Waals surface area contributed by atoms with Gasteiger partial charge in [0.1, 0.15) is 6.04 Å². The van der Waals surface area contributed by atoms with E-state index < -0.39 is 36.4 Å². The van der Waals surface area contributed by atoms with Crippen molar-refractivity contribution in [3.8, 4) is 0 Å². The number of nitrogens with one attached hydrogen (secondary N) is 1. The quantitative estimate of drug-likeness (QED) is 0.465. The van der Waals surface area contributed by atoms with E-state index in [-0.39, 0.29) is 5.92 Å². The lowest BCUT2D eigenvalue weighted by Gasteiger charge is -2.18. The summed E-state index contributed by atoms with van der Waals surface area (Å²) in [5.74, 6) is -3.51. The maximum absolute atomic E-state index is 11.4. The standard InChI is InChI=1S/C9H16N2O5/c1-4(2)7(10)8(14)11-5(9(15)16)3-6(12)13/h4-5,7H,3,10H2,1-2H3,(H,11,14)(H,12,13)(H,15,16)/t5-,7-/m0/s1. The Morgan fingerprint density at radius 1 is 1.25 bits per heavy atom. The third-order valence-corrected chi connectivity index (χ3v) is 2.01. The monoisotopic (exact) mass is 232 g/mol. The van der Waals surface area contributed by atoms with E-state index in [0.29, 0.717) is 0 Å². The van der Waals surface area contributed by atoms with Crippen LogP contribution in [0.4, 0.5) is 0 Å². The molecule has 0 spiro atoms. The normalized spacial score (nSPS) is 14.2. The van der Waals surface area contributed by atoms with Crippen molar-refractivity contribution >= 4 is 17.8 Å². The molecule has 2 atom stereocenters. The van der Waals surface area contributed by atoms with E-state index in [1.165, 1.54) is 0 Å². The van der Waals surface area contributed by atoms with Crippen LogP contribution in [0.1, 0.15) is 20.3 Å². The predicted octanol–water partition coefficient (Wildman–Crippen LogP) is -0.986. The smallest absolute Gasteiger partial charge is 0.326 e. The number of carbonyl (C=O) groups is 3. The maximum Gasteiger partial charge on any atom is 0.326 e. The van der Waals surface area contributed by atoms with Crippen LogP contribution in [0, 0.1) is 5.92 Å². The second-order valence-electron chi connectivity index (χ2n) is 3.77. The number of carbonyl (C=O) groups excluding carboxylic acids is 1. The van der Waals surface area contributed by atoms with Crippen molar-refractivity contribution in [1.29, 1.82) is 0 Å². The van der Waals surface area contributed by atoms with E-state index in [1.807, 2.05) is 0 Å². The molecule has 7 nitrogen and oxygen atoms in total. The van der Waals surface area contributed by atoms with Crippen LogP contribution in [0.15, 0.2) is 0 Å². The van der Waals surface area contributed by atoms with Crippen LogP contribution in [0.3, 0.4) is 0 Å². The fourth-order valence-corrected chi connectivity index (χ4v) is 0.945. The number of rotatable bonds is 6. The second kappa shape index (κ2) is 6.06.